The first kappa shape index (κ1) is 50.5. The van der Waals surface area contributed by atoms with Crippen LogP contribution in [0, 0.1) is 5.92 Å². The first-order chi connectivity index (χ1) is 33.4. The Morgan fingerprint density at radius 1 is 0.914 bits per heavy atom. The zero-order valence-electron chi connectivity index (χ0n) is 39.3. The molecular formula is C49H59ClN8O10S2. The van der Waals surface area contributed by atoms with Crippen LogP contribution in [0.25, 0.3) is 21.5 Å². The van der Waals surface area contributed by atoms with Crippen LogP contribution in [0.1, 0.15) is 80.1 Å². The molecule has 8 rings (SSSR count). The molecule has 3 saturated heterocycles. The van der Waals surface area contributed by atoms with E-state index < -0.39 is 46.1 Å². The average Bonchev–Trinajstić information content (AvgIpc) is 3.77. The summed E-state index contributed by atoms with van der Waals surface area (Å²) >= 11 is 7.43. The highest BCUT2D eigenvalue weighted by Crippen LogP contribution is 2.46. The summed E-state index contributed by atoms with van der Waals surface area (Å²) < 4.78 is 37.9. The Balaban J connectivity index is 0.768. The quantitative estimate of drug-likeness (QED) is 0.0391. The fourth-order valence-electron chi connectivity index (χ4n) is 10.0. The van der Waals surface area contributed by atoms with Gasteiger partial charge in [-0.15, -0.1) is 11.3 Å². The van der Waals surface area contributed by atoms with E-state index >= 15 is 0 Å². The monoisotopic (exact) mass is 1020 g/mol. The summed E-state index contributed by atoms with van der Waals surface area (Å²) in [5, 5.41) is 31.7. The number of carboxylic acids is 2. The van der Waals surface area contributed by atoms with Gasteiger partial charge in [0.1, 0.15) is 11.1 Å². The van der Waals surface area contributed by atoms with Crippen LogP contribution in [-0.2, 0) is 37.2 Å². The van der Waals surface area contributed by atoms with Crippen LogP contribution in [0.3, 0.4) is 0 Å². The number of nitrogens with zero attached hydrogens (tertiary/aromatic N) is 4. The summed E-state index contributed by atoms with van der Waals surface area (Å²) in [5.41, 5.74) is 4.42. The number of sulfonamides is 1. The van der Waals surface area contributed by atoms with Crippen molar-refractivity contribution in [3.63, 3.8) is 0 Å². The molecule has 0 spiro atoms. The van der Waals surface area contributed by atoms with Gasteiger partial charge < -0.3 is 35.8 Å². The minimum atomic E-state index is -3.69. The number of carboxylic acid groups (broad SMARTS) is 2. The molecule has 374 valence electrons. The number of thiophene rings is 1. The summed E-state index contributed by atoms with van der Waals surface area (Å²) in [5.74, 6) is -3.03. The van der Waals surface area contributed by atoms with Crippen molar-refractivity contribution in [1.82, 2.24) is 24.1 Å². The molecule has 1 unspecified atom stereocenters. The van der Waals surface area contributed by atoms with Crippen molar-refractivity contribution >= 4 is 84.8 Å². The third kappa shape index (κ3) is 11.3. The number of anilines is 3. The maximum absolute atomic E-state index is 14.0. The number of aryl methyl sites for hydroxylation is 1. The van der Waals surface area contributed by atoms with Crippen molar-refractivity contribution in [1.29, 1.82) is 0 Å². The van der Waals surface area contributed by atoms with Gasteiger partial charge in [-0.25, -0.2) is 22.8 Å². The Hall–Kier alpha value is -5.93. The molecule has 0 bridgehead atoms. The summed E-state index contributed by atoms with van der Waals surface area (Å²) in [6.45, 7) is 7.56. The fourth-order valence-corrected chi connectivity index (χ4v) is 13.4. The second-order valence-corrected chi connectivity index (χ2v) is 22.2. The Kier molecular flexibility index (Phi) is 15.3. The second-order valence-electron chi connectivity index (χ2n) is 18.9. The van der Waals surface area contributed by atoms with Gasteiger partial charge >= 0.3 is 17.6 Å². The minimum Gasteiger partial charge on any atom is -0.479 e. The Bertz CT molecular complexity index is 2960. The molecule has 2 aromatic heterocycles. The van der Waals surface area contributed by atoms with Gasteiger partial charge in [-0.3, -0.25) is 24.0 Å². The normalized spacial score (nSPS) is 19.0. The van der Waals surface area contributed by atoms with Crippen LogP contribution in [0.2, 0.25) is 5.02 Å². The second kappa shape index (κ2) is 21.2. The Morgan fingerprint density at radius 2 is 1.67 bits per heavy atom. The number of carbonyl (C=O) groups excluding carboxylic acids is 2. The third-order valence-corrected chi connectivity index (χ3v) is 17.2. The van der Waals surface area contributed by atoms with Crippen LogP contribution in [0.5, 0.6) is 5.75 Å². The number of aliphatic carboxylic acids is 1. The molecule has 3 fully saturated rings. The summed E-state index contributed by atoms with van der Waals surface area (Å²) in [6, 6.07) is 20.0. The van der Waals surface area contributed by atoms with E-state index in [-0.39, 0.29) is 45.5 Å². The summed E-state index contributed by atoms with van der Waals surface area (Å²) in [7, 11) is -1.97. The number of piperidine rings is 3. The number of imidazole rings is 1. The first-order valence-electron chi connectivity index (χ1n) is 23.5. The van der Waals surface area contributed by atoms with Crippen LogP contribution >= 0.6 is 22.9 Å². The van der Waals surface area contributed by atoms with E-state index in [9.17, 15) is 37.5 Å². The van der Waals surface area contributed by atoms with Crippen LogP contribution < -0.4 is 36.6 Å². The number of carbonyl (C=O) groups is 4. The first-order valence-corrected chi connectivity index (χ1v) is 26.3. The highest BCUT2D eigenvalue weighted by molar-refractivity contribution is 7.88. The molecule has 21 heteroatoms. The van der Waals surface area contributed by atoms with Crippen molar-refractivity contribution in [3.8, 4) is 16.2 Å². The predicted octanol–water partition coefficient (Wildman–Crippen LogP) is 6.35. The number of aromatic nitrogens is 2. The van der Waals surface area contributed by atoms with Gasteiger partial charge in [-0.05, 0) is 118 Å². The number of rotatable bonds is 19. The standard InChI is InChI=1S/C49H59ClN8O10S2/c1-49(2)27-35(53-34-9-5-7-32(25-34)44-42(50)43(68-28-41(60)61)45(69-44)47(63)64)17-23-57(49)70(66,67)29-31-6-4-8-33(24-31)52-20-19-51-18-14-30-15-21-56(22-16-30)36-10-11-37-39(26-36)55(3)48(65)58(37)38-12-13-40(59)54-46(38)62/h4-11,24-26,30,35,38,51-53H,12-23,27-29H2,1-3H3,(H,60,61)(H,63,64)(H,54,59,62)/t35-,38?/m0/s1. The molecule has 5 heterocycles. The van der Waals surface area contributed by atoms with Crippen LogP contribution in [0.15, 0.2) is 71.5 Å². The number of benzene rings is 3. The lowest BCUT2D eigenvalue weighted by Crippen LogP contribution is -2.55. The third-order valence-electron chi connectivity index (χ3n) is 13.5. The number of fused-ring (bicyclic) bond motifs is 1. The van der Waals surface area contributed by atoms with E-state index in [4.69, 9.17) is 21.4 Å². The molecule has 0 saturated carbocycles. The van der Waals surface area contributed by atoms with Crippen molar-refractivity contribution in [3.05, 3.63) is 92.7 Å². The molecule has 70 heavy (non-hydrogen) atoms. The van der Waals surface area contributed by atoms with E-state index in [0.717, 1.165) is 79.4 Å². The summed E-state index contributed by atoms with van der Waals surface area (Å²) in [6.07, 6.45) is 4.75. The number of halogens is 1. The van der Waals surface area contributed by atoms with Crippen molar-refractivity contribution < 1.29 is 42.5 Å². The van der Waals surface area contributed by atoms with Gasteiger partial charge in [0.15, 0.2) is 17.2 Å². The minimum absolute atomic E-state index is 0.0178. The molecule has 5 aromatic rings. The number of hydrogen-bond acceptors (Lipinski definition) is 13. The van der Waals surface area contributed by atoms with Gasteiger partial charge in [-0.1, -0.05) is 35.9 Å². The van der Waals surface area contributed by atoms with Gasteiger partial charge in [0.05, 0.1) is 21.7 Å². The highest BCUT2D eigenvalue weighted by Gasteiger charge is 2.42. The Morgan fingerprint density at radius 3 is 2.40 bits per heavy atom. The molecule has 2 amide bonds. The number of nitrogens with one attached hydrogen (secondary N) is 4. The van der Waals surface area contributed by atoms with E-state index in [1.165, 1.54) is 4.57 Å². The van der Waals surface area contributed by atoms with Crippen molar-refractivity contribution in [2.24, 2.45) is 13.0 Å². The van der Waals surface area contributed by atoms with Gasteiger partial charge in [-0.2, -0.15) is 4.31 Å². The lowest BCUT2D eigenvalue weighted by atomic mass is 9.89. The van der Waals surface area contributed by atoms with Gasteiger partial charge in [0.2, 0.25) is 21.8 Å². The van der Waals surface area contributed by atoms with Gasteiger partial charge in [0.25, 0.3) is 0 Å². The van der Waals surface area contributed by atoms with Gasteiger partial charge in [0, 0.05) is 74.8 Å². The highest BCUT2D eigenvalue weighted by atomic mass is 35.5. The maximum Gasteiger partial charge on any atom is 0.349 e. The number of aromatic carboxylic acids is 1. The largest absolute Gasteiger partial charge is 0.479 e. The number of imide groups is 1. The Labute approximate surface area is 415 Å². The topological polar surface area (TPSA) is 234 Å². The van der Waals surface area contributed by atoms with Crippen molar-refractivity contribution in [2.45, 2.75) is 82.2 Å². The lowest BCUT2D eigenvalue weighted by molar-refractivity contribution is -0.139. The summed E-state index contributed by atoms with van der Waals surface area (Å²) in [4.78, 5) is 63.1. The SMILES string of the molecule is Cn1c(=O)n(C2CCC(=O)NC2=O)c2ccc(N3CCC(CCNCCNc4cccc(CS(=O)(=O)N5CC[C@H](Nc6cccc(-c7sc(C(=O)O)c(OCC(=O)O)c7Cl)c6)CC5(C)C)c4)CC3)cc21. The zero-order chi connectivity index (χ0) is 49.9. The molecule has 18 nitrogen and oxygen atoms in total. The molecule has 0 aliphatic carbocycles. The lowest BCUT2D eigenvalue weighted by Gasteiger charge is -2.45. The van der Waals surface area contributed by atoms with E-state index in [1.54, 1.807) is 28.1 Å². The number of hydrogen-bond donors (Lipinski definition) is 6. The molecule has 2 atom stereocenters. The number of amides is 2. The number of ether oxygens (including phenoxy) is 1. The molecule has 3 aliphatic heterocycles. The fraction of sp³-hybridized carbons (Fsp3) is 0.449. The smallest absolute Gasteiger partial charge is 0.349 e. The zero-order valence-corrected chi connectivity index (χ0v) is 41.7. The van der Waals surface area contributed by atoms with E-state index in [1.807, 2.05) is 68.4 Å². The average molecular weight is 1020 g/mol. The molecule has 6 N–H and O–H groups in total. The predicted molar refractivity (Wildman–Crippen MR) is 271 cm³/mol. The molecule has 3 aromatic carbocycles. The molecule has 3 aliphatic rings. The van der Waals surface area contributed by atoms with E-state index in [2.05, 4.69) is 26.2 Å². The van der Waals surface area contributed by atoms with Crippen LogP contribution in [-0.4, -0.2) is 113 Å². The van der Waals surface area contributed by atoms with Crippen LogP contribution in [0.4, 0.5) is 17.1 Å². The van der Waals surface area contributed by atoms with E-state index in [0.29, 0.717) is 59.8 Å². The van der Waals surface area contributed by atoms with Crippen molar-refractivity contribution in [2.75, 3.05) is 61.4 Å². The molecule has 0 radical (unpaired) electrons. The maximum atomic E-state index is 14.0. The molecular weight excluding hydrogens is 960 g/mol.